The number of halogens is 1. The van der Waals surface area contributed by atoms with Gasteiger partial charge in [0.1, 0.15) is 5.75 Å². The summed E-state index contributed by atoms with van der Waals surface area (Å²) in [6.07, 6.45) is 0.364. The summed E-state index contributed by atoms with van der Waals surface area (Å²) < 4.78 is 6.20. The van der Waals surface area contributed by atoms with Crippen LogP contribution >= 0.6 is 27.3 Å². The molecule has 1 aromatic carbocycles. The van der Waals surface area contributed by atoms with Gasteiger partial charge in [0.25, 0.3) is 0 Å². The summed E-state index contributed by atoms with van der Waals surface area (Å²) in [5.74, 6) is 0.870. The van der Waals surface area contributed by atoms with Gasteiger partial charge in [-0.1, -0.05) is 22.0 Å². The predicted molar refractivity (Wildman–Crippen MR) is 73.0 cm³/mol. The third kappa shape index (κ3) is 2.96. The van der Waals surface area contributed by atoms with Crippen molar-refractivity contribution in [3.8, 4) is 5.75 Å². The van der Waals surface area contributed by atoms with Crippen LogP contribution in [0.15, 0.2) is 40.2 Å². The molecule has 0 aliphatic heterocycles. The lowest BCUT2D eigenvalue weighted by Crippen LogP contribution is -2.03. The van der Waals surface area contributed by atoms with Crippen molar-refractivity contribution in [2.45, 2.75) is 6.42 Å². The Kier molecular flexibility index (Phi) is 3.97. The van der Waals surface area contributed by atoms with E-state index in [4.69, 9.17) is 4.74 Å². The minimum Gasteiger partial charge on any atom is -0.496 e. The first-order chi connectivity index (χ1) is 8.20. The Labute approximate surface area is 112 Å². The average Bonchev–Trinajstić information content (AvgIpc) is 2.83. The second-order valence-electron chi connectivity index (χ2n) is 3.53. The van der Waals surface area contributed by atoms with E-state index in [1.165, 1.54) is 11.3 Å². The van der Waals surface area contributed by atoms with E-state index in [0.717, 1.165) is 20.7 Å². The minimum atomic E-state index is 0.122. The first kappa shape index (κ1) is 12.3. The van der Waals surface area contributed by atoms with E-state index in [1.807, 2.05) is 35.7 Å². The fraction of sp³-hybridized carbons (Fsp3) is 0.154. The Morgan fingerprint density at radius 2 is 2.24 bits per heavy atom. The molecule has 0 amide bonds. The molecule has 88 valence electrons. The molecule has 0 unspecified atom stereocenters. The normalized spacial score (nSPS) is 10.2. The van der Waals surface area contributed by atoms with Crippen LogP contribution in [0, 0.1) is 0 Å². The van der Waals surface area contributed by atoms with Gasteiger partial charge in [0.05, 0.1) is 12.0 Å². The fourth-order valence-electron chi connectivity index (χ4n) is 1.58. The summed E-state index contributed by atoms with van der Waals surface area (Å²) in [5.41, 5.74) is 0.903. The number of ketones is 1. The van der Waals surface area contributed by atoms with Gasteiger partial charge in [-0.25, -0.2) is 0 Å². The summed E-state index contributed by atoms with van der Waals surface area (Å²) >= 11 is 4.87. The zero-order valence-corrected chi connectivity index (χ0v) is 11.7. The van der Waals surface area contributed by atoms with Crippen LogP contribution in [0.5, 0.6) is 5.75 Å². The largest absolute Gasteiger partial charge is 0.496 e. The van der Waals surface area contributed by atoms with Crippen molar-refractivity contribution < 1.29 is 9.53 Å². The highest BCUT2D eigenvalue weighted by atomic mass is 79.9. The SMILES string of the molecule is COc1ccc(Br)cc1CC(=O)c1cccs1. The number of thiophene rings is 1. The highest BCUT2D eigenvalue weighted by Crippen LogP contribution is 2.25. The average molecular weight is 311 g/mol. The van der Waals surface area contributed by atoms with Crippen molar-refractivity contribution in [1.29, 1.82) is 0 Å². The van der Waals surface area contributed by atoms with Gasteiger partial charge in [0.2, 0.25) is 0 Å². The third-order valence-electron chi connectivity index (χ3n) is 2.39. The lowest BCUT2D eigenvalue weighted by atomic mass is 10.1. The van der Waals surface area contributed by atoms with Gasteiger partial charge in [-0.3, -0.25) is 4.79 Å². The molecule has 0 saturated heterocycles. The van der Waals surface area contributed by atoms with Gasteiger partial charge in [-0.05, 0) is 29.6 Å². The highest BCUT2D eigenvalue weighted by Gasteiger charge is 2.11. The van der Waals surface area contributed by atoms with Crippen molar-refractivity contribution in [2.24, 2.45) is 0 Å². The molecule has 1 aromatic heterocycles. The molecule has 0 fully saturated rings. The highest BCUT2D eigenvalue weighted by molar-refractivity contribution is 9.10. The summed E-state index contributed by atoms with van der Waals surface area (Å²) in [5, 5.41) is 1.91. The Morgan fingerprint density at radius 1 is 1.41 bits per heavy atom. The van der Waals surface area contributed by atoms with Gasteiger partial charge < -0.3 is 4.74 Å². The van der Waals surface area contributed by atoms with Gasteiger partial charge >= 0.3 is 0 Å². The molecule has 0 bridgehead atoms. The molecule has 2 rings (SSSR count). The molecule has 4 heteroatoms. The van der Waals surface area contributed by atoms with E-state index in [0.29, 0.717) is 6.42 Å². The van der Waals surface area contributed by atoms with Crippen LogP contribution in [0.1, 0.15) is 15.2 Å². The molecule has 0 aliphatic carbocycles. The summed E-state index contributed by atoms with van der Waals surface area (Å²) in [6, 6.07) is 9.41. The third-order valence-corrected chi connectivity index (χ3v) is 3.79. The smallest absolute Gasteiger partial charge is 0.177 e. The van der Waals surface area contributed by atoms with E-state index in [2.05, 4.69) is 15.9 Å². The molecular weight excluding hydrogens is 300 g/mol. The summed E-state index contributed by atoms with van der Waals surface area (Å²) in [4.78, 5) is 12.8. The molecule has 1 heterocycles. The zero-order chi connectivity index (χ0) is 12.3. The number of carbonyl (C=O) groups is 1. The van der Waals surface area contributed by atoms with E-state index in [9.17, 15) is 4.79 Å². The maximum Gasteiger partial charge on any atom is 0.177 e. The minimum absolute atomic E-state index is 0.122. The summed E-state index contributed by atoms with van der Waals surface area (Å²) in [6.45, 7) is 0. The zero-order valence-electron chi connectivity index (χ0n) is 9.27. The molecule has 0 radical (unpaired) electrons. The van der Waals surface area contributed by atoms with Crippen LogP contribution in [-0.4, -0.2) is 12.9 Å². The second-order valence-corrected chi connectivity index (χ2v) is 5.40. The van der Waals surface area contributed by atoms with Crippen molar-refractivity contribution in [3.63, 3.8) is 0 Å². The van der Waals surface area contributed by atoms with Gasteiger partial charge in [0.15, 0.2) is 5.78 Å². The van der Waals surface area contributed by atoms with Gasteiger partial charge in [0, 0.05) is 16.5 Å². The Morgan fingerprint density at radius 3 is 2.88 bits per heavy atom. The molecule has 17 heavy (non-hydrogen) atoms. The Hall–Kier alpha value is -1.13. The lowest BCUT2D eigenvalue weighted by molar-refractivity contribution is 0.0996. The number of Topliss-reactive ketones (excluding diaryl/α,β-unsaturated/α-hetero) is 1. The molecule has 0 N–H and O–H groups in total. The molecule has 2 nitrogen and oxygen atoms in total. The summed E-state index contributed by atoms with van der Waals surface area (Å²) in [7, 11) is 1.61. The number of hydrogen-bond acceptors (Lipinski definition) is 3. The molecule has 0 atom stereocenters. The van der Waals surface area contributed by atoms with Crippen molar-refractivity contribution in [3.05, 3.63) is 50.6 Å². The molecule has 0 saturated carbocycles. The maximum absolute atomic E-state index is 12.0. The van der Waals surface area contributed by atoms with Crippen molar-refractivity contribution in [2.75, 3.05) is 7.11 Å². The topological polar surface area (TPSA) is 26.3 Å². The number of rotatable bonds is 4. The van der Waals surface area contributed by atoms with E-state index in [1.54, 1.807) is 7.11 Å². The van der Waals surface area contributed by atoms with Crippen LogP contribution in [0.4, 0.5) is 0 Å². The second kappa shape index (κ2) is 5.47. The Balaban J connectivity index is 2.23. The number of methoxy groups -OCH3 is 1. The van der Waals surface area contributed by atoms with Crippen LogP contribution in [0.3, 0.4) is 0 Å². The number of ether oxygens (including phenoxy) is 1. The fourth-order valence-corrected chi connectivity index (χ4v) is 2.66. The van der Waals surface area contributed by atoms with Crippen LogP contribution in [0.25, 0.3) is 0 Å². The van der Waals surface area contributed by atoms with Crippen molar-refractivity contribution >= 4 is 33.0 Å². The number of hydrogen-bond donors (Lipinski definition) is 0. The van der Waals surface area contributed by atoms with Crippen LogP contribution < -0.4 is 4.74 Å². The first-order valence-electron chi connectivity index (χ1n) is 5.10. The molecule has 2 aromatic rings. The Bertz CT molecular complexity index is 520. The standard InChI is InChI=1S/C13H11BrO2S/c1-16-12-5-4-10(14)7-9(12)8-11(15)13-3-2-6-17-13/h2-7H,8H2,1H3. The maximum atomic E-state index is 12.0. The predicted octanol–water partition coefficient (Wildman–Crippen LogP) is 3.94. The number of benzene rings is 1. The van der Waals surface area contributed by atoms with Crippen molar-refractivity contribution in [1.82, 2.24) is 0 Å². The van der Waals surface area contributed by atoms with E-state index < -0.39 is 0 Å². The lowest BCUT2D eigenvalue weighted by Gasteiger charge is -2.07. The first-order valence-corrected chi connectivity index (χ1v) is 6.77. The number of carbonyl (C=O) groups excluding carboxylic acids is 1. The van der Waals surface area contributed by atoms with E-state index >= 15 is 0 Å². The van der Waals surface area contributed by atoms with Crippen LogP contribution in [-0.2, 0) is 6.42 Å². The molecule has 0 spiro atoms. The monoisotopic (exact) mass is 310 g/mol. The molecular formula is C13H11BrO2S. The quantitative estimate of drug-likeness (QED) is 0.799. The van der Waals surface area contributed by atoms with Crippen LogP contribution in [0.2, 0.25) is 0 Å². The molecule has 0 aliphatic rings. The van der Waals surface area contributed by atoms with Gasteiger partial charge in [-0.2, -0.15) is 0 Å². The van der Waals surface area contributed by atoms with Gasteiger partial charge in [-0.15, -0.1) is 11.3 Å². The van der Waals surface area contributed by atoms with E-state index in [-0.39, 0.29) is 5.78 Å².